The number of para-hydroxylation sites is 2. The largest absolute Gasteiger partial charge is 0.496 e. The van der Waals surface area contributed by atoms with Gasteiger partial charge in [0.05, 0.1) is 18.1 Å². The maximum absolute atomic E-state index is 12.4. The van der Waals surface area contributed by atoms with Crippen molar-refractivity contribution in [3.63, 3.8) is 0 Å². The van der Waals surface area contributed by atoms with Crippen LogP contribution in [0.2, 0.25) is 0 Å². The van der Waals surface area contributed by atoms with Crippen LogP contribution in [0.15, 0.2) is 47.3 Å². The molecule has 0 spiro atoms. The molecular weight excluding hydrogens is 354 g/mol. The van der Waals surface area contributed by atoms with E-state index in [9.17, 15) is 9.59 Å². The predicted molar refractivity (Wildman–Crippen MR) is 109 cm³/mol. The molecule has 4 rings (SSSR count). The molecule has 0 bridgehead atoms. The summed E-state index contributed by atoms with van der Waals surface area (Å²) in [5.74, 6) is 0.862. The first kappa shape index (κ1) is 18.5. The molecule has 2 heterocycles. The third kappa shape index (κ3) is 3.47. The number of H-pyrrole nitrogens is 1. The first-order valence-corrected chi connectivity index (χ1v) is 9.66. The van der Waals surface area contributed by atoms with Gasteiger partial charge in [-0.05, 0) is 50.1 Å². The van der Waals surface area contributed by atoms with Gasteiger partial charge in [-0.15, -0.1) is 0 Å². The number of Topliss-reactive ketones (excluding diaryl/α,β-unsaturated/α-hetero) is 1. The minimum atomic E-state index is -0.0320. The number of nitrogens with one attached hydrogen (secondary N) is 1. The summed E-state index contributed by atoms with van der Waals surface area (Å²) in [6.45, 7) is 4.10. The summed E-state index contributed by atoms with van der Waals surface area (Å²) in [5, 5.41) is 0. The Balaban J connectivity index is 1.49. The molecule has 1 N–H and O–H groups in total. The molecule has 3 aromatic rings. The van der Waals surface area contributed by atoms with Crippen molar-refractivity contribution in [1.82, 2.24) is 14.5 Å². The summed E-state index contributed by atoms with van der Waals surface area (Å²) in [4.78, 5) is 29.5. The summed E-state index contributed by atoms with van der Waals surface area (Å²) in [6.07, 6.45) is 1.83. The van der Waals surface area contributed by atoms with E-state index in [1.165, 1.54) is 0 Å². The Morgan fingerprint density at radius 3 is 2.64 bits per heavy atom. The van der Waals surface area contributed by atoms with Gasteiger partial charge >= 0.3 is 5.69 Å². The van der Waals surface area contributed by atoms with E-state index >= 15 is 0 Å². The molecule has 146 valence electrons. The number of aromatic nitrogens is 2. The molecule has 28 heavy (non-hydrogen) atoms. The van der Waals surface area contributed by atoms with Crippen molar-refractivity contribution in [2.75, 3.05) is 20.2 Å². The van der Waals surface area contributed by atoms with Crippen LogP contribution in [0.1, 0.15) is 41.7 Å². The van der Waals surface area contributed by atoms with Crippen LogP contribution in [-0.2, 0) is 6.54 Å². The van der Waals surface area contributed by atoms with Crippen molar-refractivity contribution >= 4 is 16.8 Å². The molecule has 2 aromatic carbocycles. The van der Waals surface area contributed by atoms with E-state index in [0.29, 0.717) is 5.56 Å². The number of rotatable bonds is 5. The van der Waals surface area contributed by atoms with Gasteiger partial charge in [-0.25, -0.2) is 4.79 Å². The minimum absolute atomic E-state index is 0.0320. The number of fused-ring (bicyclic) bond motifs is 1. The van der Waals surface area contributed by atoms with E-state index in [1.54, 1.807) is 20.1 Å². The fraction of sp³-hybridized carbons (Fsp3) is 0.364. The van der Waals surface area contributed by atoms with Gasteiger partial charge in [0, 0.05) is 36.8 Å². The molecule has 1 saturated heterocycles. The van der Waals surface area contributed by atoms with Crippen LogP contribution in [0.5, 0.6) is 5.75 Å². The first-order valence-electron chi connectivity index (χ1n) is 9.66. The number of nitrogens with zero attached hydrogens (tertiary/aromatic N) is 2. The van der Waals surface area contributed by atoms with Crippen molar-refractivity contribution in [2.24, 2.45) is 0 Å². The topological polar surface area (TPSA) is 67.3 Å². The number of methoxy groups -OCH3 is 1. The van der Waals surface area contributed by atoms with Crippen molar-refractivity contribution in [3.8, 4) is 5.75 Å². The molecule has 0 unspecified atom stereocenters. The Kier molecular flexibility index (Phi) is 5.05. The predicted octanol–water partition coefficient (Wildman–Crippen LogP) is 3.38. The zero-order valence-corrected chi connectivity index (χ0v) is 16.3. The highest BCUT2D eigenvalue weighted by atomic mass is 16.5. The Labute approximate surface area is 163 Å². The average Bonchev–Trinajstić information content (AvgIpc) is 3.04. The number of aromatic amines is 1. The number of ether oxygens (including phenoxy) is 1. The fourth-order valence-corrected chi connectivity index (χ4v) is 4.13. The Bertz CT molecular complexity index is 1060. The molecule has 1 fully saturated rings. The second-order valence-corrected chi connectivity index (χ2v) is 7.41. The lowest BCUT2D eigenvalue weighted by molar-refractivity contribution is 0.101. The SMILES string of the molecule is COc1ccc(C(C)=O)cc1CN1CCC(n2c(=O)[nH]c3ccccc32)CC1. The normalized spacial score (nSPS) is 15.8. The van der Waals surface area contributed by atoms with E-state index in [-0.39, 0.29) is 17.5 Å². The highest BCUT2D eigenvalue weighted by molar-refractivity contribution is 5.94. The summed E-state index contributed by atoms with van der Waals surface area (Å²) >= 11 is 0. The molecule has 0 amide bonds. The van der Waals surface area contributed by atoms with E-state index in [2.05, 4.69) is 9.88 Å². The summed E-state index contributed by atoms with van der Waals surface area (Å²) < 4.78 is 7.38. The van der Waals surface area contributed by atoms with E-state index in [1.807, 2.05) is 41.0 Å². The van der Waals surface area contributed by atoms with Crippen molar-refractivity contribution in [3.05, 3.63) is 64.1 Å². The van der Waals surface area contributed by atoms with Crippen LogP contribution >= 0.6 is 0 Å². The number of carbonyl (C=O) groups excluding carboxylic acids is 1. The summed E-state index contributed by atoms with van der Waals surface area (Å²) in [6, 6.07) is 13.6. The van der Waals surface area contributed by atoms with Crippen molar-refractivity contribution in [2.45, 2.75) is 32.4 Å². The van der Waals surface area contributed by atoms with E-state index < -0.39 is 0 Å². The van der Waals surface area contributed by atoms with E-state index in [0.717, 1.165) is 54.8 Å². The maximum atomic E-state index is 12.4. The maximum Gasteiger partial charge on any atom is 0.326 e. The number of hydrogen-bond acceptors (Lipinski definition) is 4. The van der Waals surface area contributed by atoms with Crippen LogP contribution in [0.25, 0.3) is 11.0 Å². The zero-order valence-electron chi connectivity index (χ0n) is 16.3. The Hall–Kier alpha value is -2.86. The summed E-state index contributed by atoms with van der Waals surface area (Å²) in [5.41, 5.74) is 3.56. The smallest absolute Gasteiger partial charge is 0.326 e. The van der Waals surface area contributed by atoms with Gasteiger partial charge in [0.1, 0.15) is 5.75 Å². The molecule has 6 heteroatoms. The molecule has 1 aliphatic rings. The average molecular weight is 379 g/mol. The summed E-state index contributed by atoms with van der Waals surface area (Å²) in [7, 11) is 1.65. The lowest BCUT2D eigenvalue weighted by Crippen LogP contribution is -2.36. The van der Waals surface area contributed by atoms with Crippen molar-refractivity contribution < 1.29 is 9.53 Å². The van der Waals surface area contributed by atoms with E-state index in [4.69, 9.17) is 4.74 Å². The number of ketones is 1. The van der Waals surface area contributed by atoms with Gasteiger partial charge in [0.25, 0.3) is 0 Å². The van der Waals surface area contributed by atoms with Crippen LogP contribution in [0, 0.1) is 0 Å². The molecular formula is C22H25N3O3. The minimum Gasteiger partial charge on any atom is -0.496 e. The number of hydrogen-bond donors (Lipinski definition) is 1. The highest BCUT2D eigenvalue weighted by Crippen LogP contribution is 2.28. The fourth-order valence-electron chi connectivity index (χ4n) is 4.13. The molecule has 0 atom stereocenters. The van der Waals surface area contributed by atoms with Gasteiger partial charge in [0.15, 0.2) is 5.78 Å². The molecule has 0 aliphatic carbocycles. The monoisotopic (exact) mass is 379 g/mol. The zero-order chi connectivity index (χ0) is 19.7. The van der Waals surface area contributed by atoms with Gasteiger partial charge in [0.2, 0.25) is 0 Å². The molecule has 1 aliphatic heterocycles. The quantitative estimate of drug-likeness (QED) is 0.690. The lowest BCUT2D eigenvalue weighted by Gasteiger charge is -2.32. The second kappa shape index (κ2) is 7.64. The van der Waals surface area contributed by atoms with Crippen LogP contribution in [0.4, 0.5) is 0 Å². The van der Waals surface area contributed by atoms with Gasteiger partial charge in [-0.1, -0.05) is 12.1 Å². The molecule has 6 nitrogen and oxygen atoms in total. The molecule has 1 aromatic heterocycles. The van der Waals surface area contributed by atoms with Crippen LogP contribution < -0.4 is 10.4 Å². The first-order chi connectivity index (χ1) is 13.6. The van der Waals surface area contributed by atoms with Gasteiger partial charge < -0.3 is 9.72 Å². The number of imidazole rings is 1. The Morgan fingerprint density at radius 2 is 1.93 bits per heavy atom. The number of benzene rings is 2. The molecule has 0 saturated carbocycles. The Morgan fingerprint density at radius 1 is 1.18 bits per heavy atom. The third-order valence-corrected chi connectivity index (χ3v) is 5.63. The standard InChI is InChI=1S/C22H25N3O3/c1-15(26)16-7-8-21(28-2)17(13-16)14-24-11-9-18(10-12-24)25-20-6-4-3-5-19(20)23-22(25)27/h3-8,13,18H,9-12,14H2,1-2H3,(H,23,27). The van der Waals surface area contributed by atoms with Crippen LogP contribution in [-0.4, -0.2) is 40.4 Å². The van der Waals surface area contributed by atoms with Crippen molar-refractivity contribution in [1.29, 1.82) is 0 Å². The number of carbonyl (C=O) groups is 1. The lowest BCUT2D eigenvalue weighted by atomic mass is 10.0. The molecule has 0 radical (unpaired) electrons. The highest BCUT2D eigenvalue weighted by Gasteiger charge is 2.24. The van der Waals surface area contributed by atoms with Gasteiger partial charge in [-0.2, -0.15) is 0 Å². The number of likely N-dealkylation sites (tertiary alicyclic amines) is 1. The second-order valence-electron chi connectivity index (χ2n) is 7.41. The van der Waals surface area contributed by atoms with Crippen LogP contribution in [0.3, 0.4) is 0 Å². The third-order valence-electron chi connectivity index (χ3n) is 5.63. The number of piperidine rings is 1. The van der Waals surface area contributed by atoms with Gasteiger partial charge in [-0.3, -0.25) is 14.3 Å².